The monoisotopic (exact) mass is 249 g/mol. The topological polar surface area (TPSA) is 75.6 Å². The molecule has 5 heteroatoms. The Kier molecular flexibility index (Phi) is 3.62. The van der Waals surface area contributed by atoms with Crippen LogP contribution < -0.4 is 5.32 Å². The maximum absolute atomic E-state index is 11.8. The molecule has 18 heavy (non-hydrogen) atoms. The smallest absolute Gasteiger partial charge is 0.324 e. The van der Waals surface area contributed by atoms with Crippen molar-refractivity contribution in [2.75, 3.05) is 19.8 Å². The summed E-state index contributed by atoms with van der Waals surface area (Å²) in [6.45, 7) is 0.344. The molecular formula is C13H15NO4. The van der Waals surface area contributed by atoms with Crippen LogP contribution in [-0.4, -0.2) is 36.7 Å². The lowest BCUT2D eigenvalue weighted by atomic mass is 9.85. The zero-order valence-electron chi connectivity index (χ0n) is 9.89. The number of nitrogens with one attached hydrogen (secondary N) is 1. The third-order valence-corrected chi connectivity index (χ3v) is 3.08. The minimum absolute atomic E-state index is 0.0422. The fraction of sp³-hybridized carbons (Fsp3) is 0.385. The Hall–Kier alpha value is -1.88. The fourth-order valence-electron chi connectivity index (χ4n) is 1.79. The van der Waals surface area contributed by atoms with E-state index in [0.29, 0.717) is 13.0 Å². The normalized spacial score (nSPS) is 16.7. The number of benzene rings is 1. The highest BCUT2D eigenvalue weighted by atomic mass is 16.5. The van der Waals surface area contributed by atoms with Crippen LogP contribution >= 0.6 is 0 Å². The highest BCUT2D eigenvalue weighted by molar-refractivity contribution is 6.03. The Bertz CT molecular complexity index is 440. The van der Waals surface area contributed by atoms with E-state index in [-0.39, 0.29) is 13.2 Å². The van der Waals surface area contributed by atoms with Gasteiger partial charge in [-0.25, -0.2) is 0 Å². The summed E-state index contributed by atoms with van der Waals surface area (Å²) in [7, 11) is 0. The predicted octanol–water partition coefficient (Wildman–Crippen LogP) is 0.446. The first-order valence-corrected chi connectivity index (χ1v) is 5.78. The van der Waals surface area contributed by atoms with Crippen molar-refractivity contribution in [3.8, 4) is 0 Å². The van der Waals surface area contributed by atoms with Crippen LogP contribution in [0.4, 0.5) is 0 Å². The van der Waals surface area contributed by atoms with Crippen LogP contribution in [-0.2, 0) is 20.7 Å². The molecule has 2 N–H and O–H groups in total. The van der Waals surface area contributed by atoms with E-state index in [1.807, 2.05) is 30.3 Å². The molecule has 1 aromatic carbocycles. The van der Waals surface area contributed by atoms with Gasteiger partial charge in [0.05, 0.1) is 13.2 Å². The van der Waals surface area contributed by atoms with E-state index in [1.54, 1.807) is 0 Å². The third kappa shape index (κ3) is 2.36. The van der Waals surface area contributed by atoms with Crippen LogP contribution in [0.1, 0.15) is 5.56 Å². The van der Waals surface area contributed by atoms with E-state index in [9.17, 15) is 9.59 Å². The second kappa shape index (κ2) is 5.18. The summed E-state index contributed by atoms with van der Waals surface area (Å²) in [5, 5.41) is 11.7. The number of carbonyl (C=O) groups excluding carboxylic acids is 1. The van der Waals surface area contributed by atoms with E-state index < -0.39 is 17.3 Å². The van der Waals surface area contributed by atoms with Gasteiger partial charge >= 0.3 is 5.97 Å². The summed E-state index contributed by atoms with van der Waals surface area (Å²) in [6, 6.07) is 9.70. The Balaban J connectivity index is 1.84. The molecule has 1 fully saturated rings. The number of carbonyl (C=O) groups is 2. The molecule has 1 aliphatic rings. The van der Waals surface area contributed by atoms with Gasteiger partial charge in [-0.15, -0.1) is 0 Å². The van der Waals surface area contributed by atoms with E-state index in [0.717, 1.165) is 5.56 Å². The number of hydrogen-bond donors (Lipinski definition) is 2. The Morgan fingerprint density at radius 2 is 1.94 bits per heavy atom. The van der Waals surface area contributed by atoms with Crippen LogP contribution in [0, 0.1) is 5.41 Å². The van der Waals surface area contributed by atoms with Crippen LogP contribution in [0.15, 0.2) is 30.3 Å². The van der Waals surface area contributed by atoms with Gasteiger partial charge in [0.15, 0.2) is 5.41 Å². The van der Waals surface area contributed by atoms with Gasteiger partial charge in [-0.3, -0.25) is 9.59 Å². The number of carboxylic acids is 1. The molecule has 5 nitrogen and oxygen atoms in total. The van der Waals surface area contributed by atoms with Gasteiger partial charge in [-0.1, -0.05) is 30.3 Å². The summed E-state index contributed by atoms with van der Waals surface area (Å²) in [6.07, 6.45) is 0.684. The molecule has 0 radical (unpaired) electrons. The summed E-state index contributed by atoms with van der Waals surface area (Å²) < 4.78 is 4.84. The highest BCUT2D eigenvalue weighted by Gasteiger charge is 2.53. The van der Waals surface area contributed by atoms with Gasteiger partial charge in [0, 0.05) is 6.54 Å². The van der Waals surface area contributed by atoms with Crippen LogP contribution in [0.2, 0.25) is 0 Å². The maximum Gasteiger partial charge on any atom is 0.324 e. The Labute approximate surface area is 105 Å². The highest BCUT2D eigenvalue weighted by Crippen LogP contribution is 2.27. The van der Waals surface area contributed by atoms with E-state index in [2.05, 4.69) is 5.32 Å². The number of rotatable bonds is 5. The molecule has 1 saturated heterocycles. The standard InChI is InChI=1S/C13H15NO4/c15-11(13(12(16)17)8-18-9-13)14-7-6-10-4-2-1-3-5-10/h1-5H,6-9H2,(H,14,15)(H,16,17). The van der Waals surface area contributed by atoms with Gasteiger partial charge in [0.25, 0.3) is 0 Å². The first-order chi connectivity index (χ1) is 8.65. The first-order valence-electron chi connectivity index (χ1n) is 5.78. The predicted molar refractivity (Wildman–Crippen MR) is 64.0 cm³/mol. The van der Waals surface area contributed by atoms with Crippen LogP contribution in [0.3, 0.4) is 0 Å². The van der Waals surface area contributed by atoms with Gasteiger partial charge < -0.3 is 15.2 Å². The van der Waals surface area contributed by atoms with Gasteiger partial charge in [-0.2, -0.15) is 0 Å². The van der Waals surface area contributed by atoms with Crippen molar-refractivity contribution in [3.05, 3.63) is 35.9 Å². The molecule has 1 aliphatic heterocycles. The summed E-state index contributed by atoms with van der Waals surface area (Å²) in [5.74, 6) is -1.58. The van der Waals surface area contributed by atoms with Crippen molar-refractivity contribution in [2.24, 2.45) is 5.41 Å². The quantitative estimate of drug-likeness (QED) is 0.743. The Morgan fingerprint density at radius 1 is 1.28 bits per heavy atom. The van der Waals surface area contributed by atoms with E-state index in [1.165, 1.54) is 0 Å². The minimum Gasteiger partial charge on any atom is -0.480 e. The molecule has 0 aromatic heterocycles. The van der Waals surface area contributed by atoms with Crippen molar-refractivity contribution in [3.63, 3.8) is 0 Å². The summed E-state index contributed by atoms with van der Waals surface area (Å²) in [4.78, 5) is 22.8. The summed E-state index contributed by atoms with van der Waals surface area (Å²) >= 11 is 0. The van der Waals surface area contributed by atoms with Crippen molar-refractivity contribution < 1.29 is 19.4 Å². The zero-order valence-corrected chi connectivity index (χ0v) is 9.89. The van der Waals surface area contributed by atoms with E-state index in [4.69, 9.17) is 9.84 Å². The molecule has 0 aliphatic carbocycles. The molecule has 0 saturated carbocycles. The molecule has 0 atom stereocenters. The van der Waals surface area contributed by atoms with Crippen molar-refractivity contribution in [1.29, 1.82) is 0 Å². The number of amides is 1. The fourth-order valence-corrected chi connectivity index (χ4v) is 1.79. The molecule has 0 unspecified atom stereocenters. The molecule has 2 rings (SSSR count). The molecule has 1 aromatic rings. The van der Waals surface area contributed by atoms with Crippen molar-refractivity contribution in [1.82, 2.24) is 5.32 Å². The van der Waals surface area contributed by atoms with E-state index >= 15 is 0 Å². The van der Waals surface area contributed by atoms with Crippen molar-refractivity contribution in [2.45, 2.75) is 6.42 Å². The number of hydrogen-bond acceptors (Lipinski definition) is 3. The van der Waals surface area contributed by atoms with Crippen molar-refractivity contribution >= 4 is 11.9 Å². The number of aliphatic carboxylic acids is 1. The largest absolute Gasteiger partial charge is 0.480 e. The van der Waals surface area contributed by atoms with Crippen LogP contribution in [0.5, 0.6) is 0 Å². The number of carboxylic acid groups (broad SMARTS) is 1. The average Bonchev–Trinajstić information content (AvgIpc) is 2.28. The number of ether oxygens (including phenoxy) is 1. The second-order valence-corrected chi connectivity index (χ2v) is 4.37. The second-order valence-electron chi connectivity index (χ2n) is 4.37. The zero-order chi connectivity index (χ0) is 13.0. The summed E-state index contributed by atoms with van der Waals surface area (Å²) in [5.41, 5.74) is -0.275. The van der Waals surface area contributed by atoms with Gasteiger partial charge in [-0.05, 0) is 12.0 Å². The molecule has 1 heterocycles. The third-order valence-electron chi connectivity index (χ3n) is 3.08. The minimum atomic E-state index is -1.38. The Morgan fingerprint density at radius 3 is 2.44 bits per heavy atom. The lowest BCUT2D eigenvalue weighted by Gasteiger charge is -2.35. The molecule has 0 spiro atoms. The van der Waals surface area contributed by atoms with Crippen LogP contribution in [0.25, 0.3) is 0 Å². The average molecular weight is 249 g/mol. The lowest BCUT2D eigenvalue weighted by Crippen LogP contribution is -2.59. The first kappa shape index (κ1) is 12.6. The lowest BCUT2D eigenvalue weighted by molar-refractivity contribution is -0.185. The maximum atomic E-state index is 11.8. The molecule has 96 valence electrons. The van der Waals surface area contributed by atoms with Gasteiger partial charge in [0.2, 0.25) is 5.91 Å². The molecular weight excluding hydrogens is 234 g/mol. The SMILES string of the molecule is O=C(O)C1(C(=O)NCCc2ccccc2)COC1. The van der Waals surface area contributed by atoms with Gasteiger partial charge in [0.1, 0.15) is 0 Å². The molecule has 1 amide bonds. The molecule has 0 bridgehead atoms.